The molecule has 0 bridgehead atoms. The summed E-state index contributed by atoms with van der Waals surface area (Å²) in [6.45, 7) is 7.05. The molecule has 1 N–H and O–H groups in total. The Bertz CT molecular complexity index is 362. The van der Waals surface area contributed by atoms with Crippen molar-refractivity contribution in [1.82, 2.24) is 14.8 Å². The van der Waals surface area contributed by atoms with Crippen LogP contribution in [0.25, 0.3) is 0 Å². The lowest BCUT2D eigenvalue weighted by atomic mass is 9.90. The predicted octanol–water partition coefficient (Wildman–Crippen LogP) is 0.617. The monoisotopic (exact) mass is 241 g/mol. The number of nitrogens with zero attached hydrogens (tertiary/aromatic N) is 3. The van der Waals surface area contributed by atoms with Crippen molar-refractivity contribution in [2.24, 2.45) is 5.92 Å². The van der Waals surface area contributed by atoms with E-state index in [0.29, 0.717) is 0 Å². The van der Waals surface area contributed by atoms with Gasteiger partial charge in [0.05, 0.1) is 12.6 Å². The van der Waals surface area contributed by atoms with Crippen LogP contribution in [0, 0.1) is 5.92 Å². The van der Waals surface area contributed by atoms with Gasteiger partial charge in [0.2, 0.25) is 0 Å². The zero-order valence-electron chi connectivity index (χ0n) is 10.6. The summed E-state index contributed by atoms with van der Waals surface area (Å²) in [5.74, 6) is -0.907. The first-order chi connectivity index (χ1) is 7.86. The van der Waals surface area contributed by atoms with Gasteiger partial charge in [-0.15, -0.1) is 0 Å². The second-order valence-electron chi connectivity index (χ2n) is 4.63. The highest BCUT2D eigenvalue weighted by molar-refractivity contribution is 5.79. The second-order valence-corrected chi connectivity index (χ2v) is 4.63. The molecule has 1 aromatic rings. The van der Waals surface area contributed by atoms with Crippen molar-refractivity contribution >= 4 is 5.97 Å². The number of aliphatic hydroxyl groups is 1. The summed E-state index contributed by atoms with van der Waals surface area (Å²) in [6, 6.07) is 0. The SMILES string of the molecule is CC(C)OC(=O)C(O)(Cn1cncn1)C(C)C. The molecule has 0 amide bonds. The van der Waals surface area contributed by atoms with Crippen molar-refractivity contribution < 1.29 is 14.6 Å². The molecule has 0 saturated heterocycles. The average molecular weight is 241 g/mol. The van der Waals surface area contributed by atoms with Gasteiger partial charge in [-0.3, -0.25) is 0 Å². The number of carbonyl (C=O) groups is 1. The van der Waals surface area contributed by atoms with Gasteiger partial charge < -0.3 is 9.84 Å². The van der Waals surface area contributed by atoms with Gasteiger partial charge in [0, 0.05) is 0 Å². The van der Waals surface area contributed by atoms with Crippen LogP contribution in [0.5, 0.6) is 0 Å². The molecule has 0 fully saturated rings. The molecule has 6 heteroatoms. The van der Waals surface area contributed by atoms with E-state index in [-0.39, 0.29) is 18.6 Å². The molecular formula is C11H19N3O3. The Morgan fingerprint density at radius 2 is 2.12 bits per heavy atom. The summed E-state index contributed by atoms with van der Waals surface area (Å²) in [7, 11) is 0. The van der Waals surface area contributed by atoms with Crippen LogP contribution >= 0.6 is 0 Å². The first-order valence-corrected chi connectivity index (χ1v) is 5.62. The maximum absolute atomic E-state index is 11.9. The van der Waals surface area contributed by atoms with Crippen molar-refractivity contribution in [2.45, 2.75) is 45.9 Å². The molecule has 17 heavy (non-hydrogen) atoms. The predicted molar refractivity (Wildman–Crippen MR) is 61.0 cm³/mol. The molecule has 1 unspecified atom stereocenters. The van der Waals surface area contributed by atoms with Gasteiger partial charge in [-0.1, -0.05) is 13.8 Å². The fraction of sp³-hybridized carbons (Fsp3) is 0.727. The number of ether oxygens (including phenoxy) is 1. The summed E-state index contributed by atoms with van der Waals surface area (Å²) < 4.78 is 6.49. The molecule has 0 radical (unpaired) electrons. The maximum Gasteiger partial charge on any atom is 0.340 e. The summed E-state index contributed by atoms with van der Waals surface area (Å²) in [5, 5.41) is 14.3. The van der Waals surface area contributed by atoms with Gasteiger partial charge in [-0.25, -0.2) is 14.5 Å². The van der Waals surface area contributed by atoms with Gasteiger partial charge in [0.15, 0.2) is 5.60 Å². The highest BCUT2D eigenvalue weighted by Gasteiger charge is 2.42. The molecule has 1 heterocycles. The Balaban J connectivity index is 2.85. The molecule has 1 atom stereocenters. The van der Waals surface area contributed by atoms with E-state index in [0.717, 1.165) is 0 Å². The van der Waals surface area contributed by atoms with E-state index in [1.54, 1.807) is 27.7 Å². The standard InChI is InChI=1S/C11H19N3O3/c1-8(2)11(16,10(15)17-9(3)4)5-14-7-12-6-13-14/h6-9,16H,5H2,1-4H3. The lowest BCUT2D eigenvalue weighted by Crippen LogP contribution is -2.49. The third-order valence-electron chi connectivity index (χ3n) is 2.52. The topological polar surface area (TPSA) is 77.2 Å². The molecule has 0 aliphatic carbocycles. The average Bonchev–Trinajstić information content (AvgIpc) is 2.68. The lowest BCUT2D eigenvalue weighted by Gasteiger charge is -2.30. The third kappa shape index (κ3) is 3.26. The van der Waals surface area contributed by atoms with Crippen molar-refractivity contribution in [1.29, 1.82) is 0 Å². The van der Waals surface area contributed by atoms with E-state index in [1.165, 1.54) is 17.3 Å². The number of hydrogen-bond acceptors (Lipinski definition) is 5. The minimum atomic E-state index is -1.59. The first-order valence-electron chi connectivity index (χ1n) is 5.62. The Labute approximate surface area is 101 Å². The molecule has 6 nitrogen and oxygen atoms in total. The van der Waals surface area contributed by atoms with Crippen LogP contribution in [0.3, 0.4) is 0 Å². The molecule has 1 aromatic heterocycles. The van der Waals surface area contributed by atoms with Crippen LogP contribution in [0.1, 0.15) is 27.7 Å². The molecular weight excluding hydrogens is 222 g/mol. The second kappa shape index (κ2) is 5.27. The Kier molecular flexibility index (Phi) is 4.22. The molecule has 0 spiro atoms. The van der Waals surface area contributed by atoms with E-state index in [4.69, 9.17) is 4.74 Å². The van der Waals surface area contributed by atoms with E-state index in [1.807, 2.05) is 0 Å². The van der Waals surface area contributed by atoms with Gasteiger partial charge in [-0.2, -0.15) is 5.10 Å². The van der Waals surface area contributed by atoms with E-state index < -0.39 is 11.6 Å². The highest BCUT2D eigenvalue weighted by Crippen LogP contribution is 2.21. The molecule has 0 aliphatic heterocycles. The number of carbonyl (C=O) groups excluding carboxylic acids is 1. The molecule has 96 valence electrons. The van der Waals surface area contributed by atoms with Gasteiger partial charge in [0.1, 0.15) is 12.7 Å². The number of esters is 1. The fourth-order valence-corrected chi connectivity index (χ4v) is 1.36. The third-order valence-corrected chi connectivity index (χ3v) is 2.52. The minimum absolute atomic E-state index is 0.0379. The lowest BCUT2D eigenvalue weighted by molar-refractivity contribution is -0.176. The van der Waals surface area contributed by atoms with Crippen LogP contribution in [0.4, 0.5) is 0 Å². The Morgan fingerprint density at radius 3 is 2.53 bits per heavy atom. The zero-order chi connectivity index (χ0) is 13.1. The van der Waals surface area contributed by atoms with E-state index in [9.17, 15) is 9.90 Å². The molecule has 0 saturated carbocycles. The smallest absolute Gasteiger partial charge is 0.340 e. The van der Waals surface area contributed by atoms with Crippen LogP contribution in [-0.4, -0.2) is 37.5 Å². The first kappa shape index (κ1) is 13.6. The molecule has 1 rings (SSSR count). The highest BCUT2D eigenvalue weighted by atomic mass is 16.6. The fourth-order valence-electron chi connectivity index (χ4n) is 1.36. The van der Waals surface area contributed by atoms with E-state index in [2.05, 4.69) is 10.1 Å². The van der Waals surface area contributed by atoms with Gasteiger partial charge >= 0.3 is 5.97 Å². The molecule has 0 aromatic carbocycles. The van der Waals surface area contributed by atoms with Crippen LogP contribution in [-0.2, 0) is 16.1 Å². The summed E-state index contributed by atoms with van der Waals surface area (Å²) >= 11 is 0. The van der Waals surface area contributed by atoms with Crippen molar-refractivity contribution in [2.75, 3.05) is 0 Å². The Morgan fingerprint density at radius 1 is 1.47 bits per heavy atom. The summed E-state index contributed by atoms with van der Waals surface area (Å²) in [5.41, 5.74) is -1.59. The van der Waals surface area contributed by atoms with Gasteiger partial charge in [-0.05, 0) is 19.8 Å². The maximum atomic E-state index is 11.9. The van der Waals surface area contributed by atoms with Crippen LogP contribution in [0.15, 0.2) is 12.7 Å². The summed E-state index contributed by atoms with van der Waals surface area (Å²) in [4.78, 5) is 15.7. The normalized spacial score (nSPS) is 15.0. The number of aromatic nitrogens is 3. The zero-order valence-corrected chi connectivity index (χ0v) is 10.6. The van der Waals surface area contributed by atoms with Crippen molar-refractivity contribution in [3.05, 3.63) is 12.7 Å². The number of hydrogen-bond donors (Lipinski definition) is 1. The van der Waals surface area contributed by atoms with Crippen molar-refractivity contribution in [3.63, 3.8) is 0 Å². The summed E-state index contributed by atoms with van der Waals surface area (Å²) in [6.07, 6.45) is 2.55. The van der Waals surface area contributed by atoms with Gasteiger partial charge in [0.25, 0.3) is 0 Å². The van der Waals surface area contributed by atoms with Crippen LogP contribution < -0.4 is 0 Å². The quantitative estimate of drug-likeness (QED) is 0.764. The molecule has 0 aliphatic rings. The number of rotatable bonds is 5. The minimum Gasteiger partial charge on any atom is -0.461 e. The Hall–Kier alpha value is -1.43. The van der Waals surface area contributed by atoms with E-state index >= 15 is 0 Å². The van der Waals surface area contributed by atoms with Crippen LogP contribution in [0.2, 0.25) is 0 Å². The largest absolute Gasteiger partial charge is 0.461 e. The van der Waals surface area contributed by atoms with Crippen molar-refractivity contribution in [3.8, 4) is 0 Å².